The second kappa shape index (κ2) is 2.59. The summed E-state index contributed by atoms with van der Waals surface area (Å²) in [7, 11) is 0. The number of aliphatic hydroxyl groups excluding tert-OH is 1. The van der Waals surface area contributed by atoms with Crippen LogP contribution in [0.2, 0.25) is 0 Å². The van der Waals surface area contributed by atoms with Crippen LogP contribution in [0.3, 0.4) is 0 Å². The van der Waals surface area contributed by atoms with Crippen molar-refractivity contribution in [1.82, 2.24) is 0 Å². The van der Waals surface area contributed by atoms with Gasteiger partial charge in [-0.1, -0.05) is 13.0 Å². The number of rotatable bonds is 1. The largest absolute Gasteiger partial charge is 0.383 e. The molecular weight excluding hydrogens is 144 g/mol. The van der Waals surface area contributed by atoms with E-state index in [1.807, 2.05) is 13.0 Å². The molecule has 0 spiro atoms. The van der Waals surface area contributed by atoms with E-state index in [1.165, 1.54) is 0 Å². The number of aliphatic hydroxyl groups is 1. The smallest absolute Gasteiger partial charge is 0.188 e. The normalized spacial score (nSPS) is 42.4. The summed E-state index contributed by atoms with van der Waals surface area (Å²) in [6.45, 7) is 2.62. The lowest BCUT2D eigenvalue weighted by Gasteiger charge is -2.23. The summed E-state index contributed by atoms with van der Waals surface area (Å²) in [5.41, 5.74) is 1.05. The topological polar surface area (TPSA) is 38.7 Å². The molecule has 3 nitrogen and oxygen atoms in total. The van der Waals surface area contributed by atoms with Crippen LogP contribution in [-0.4, -0.2) is 30.2 Å². The van der Waals surface area contributed by atoms with E-state index >= 15 is 0 Å². The maximum absolute atomic E-state index is 9.54. The predicted octanol–water partition coefficient (Wildman–Crippen LogP) is 0.439. The number of hydrogen-bond donors (Lipinski definition) is 1. The van der Waals surface area contributed by atoms with Gasteiger partial charge in [-0.2, -0.15) is 0 Å². The van der Waals surface area contributed by atoms with Crippen molar-refractivity contribution in [2.24, 2.45) is 0 Å². The molecule has 0 saturated carbocycles. The fourth-order valence-electron chi connectivity index (χ4n) is 1.53. The number of hydrogen-bond acceptors (Lipinski definition) is 3. The van der Waals surface area contributed by atoms with Crippen molar-refractivity contribution < 1.29 is 14.6 Å². The summed E-state index contributed by atoms with van der Waals surface area (Å²) in [6, 6.07) is 0. The molecule has 1 N–H and O–H groups in total. The molecule has 0 amide bonds. The third-order valence-corrected chi connectivity index (χ3v) is 2.18. The average molecular weight is 156 g/mol. The Morgan fingerprint density at radius 2 is 2.55 bits per heavy atom. The quantitative estimate of drug-likeness (QED) is 0.560. The highest BCUT2D eigenvalue weighted by molar-refractivity contribution is 5.16. The third kappa shape index (κ3) is 1.09. The van der Waals surface area contributed by atoms with Crippen LogP contribution in [0.1, 0.15) is 13.3 Å². The molecule has 1 fully saturated rings. The summed E-state index contributed by atoms with van der Waals surface area (Å²) in [5.74, 6) is 0. The third-order valence-electron chi connectivity index (χ3n) is 2.18. The second-order valence-corrected chi connectivity index (χ2v) is 2.92. The zero-order valence-corrected chi connectivity index (χ0v) is 6.49. The molecular formula is C8H12O3. The van der Waals surface area contributed by atoms with Crippen LogP contribution in [-0.2, 0) is 9.47 Å². The first-order valence-corrected chi connectivity index (χ1v) is 3.97. The van der Waals surface area contributed by atoms with Gasteiger partial charge in [-0.15, -0.1) is 0 Å². The molecule has 3 atom stereocenters. The SMILES string of the molecule is CCC1=CC2COC(O2)C1O. The van der Waals surface area contributed by atoms with Crippen molar-refractivity contribution in [1.29, 1.82) is 0 Å². The fraction of sp³-hybridized carbons (Fsp3) is 0.750. The lowest BCUT2D eigenvalue weighted by molar-refractivity contribution is -0.120. The molecule has 0 aromatic rings. The van der Waals surface area contributed by atoms with Gasteiger partial charge in [0.1, 0.15) is 12.2 Å². The first-order chi connectivity index (χ1) is 5.31. The molecule has 2 bridgehead atoms. The predicted molar refractivity (Wildman–Crippen MR) is 39.0 cm³/mol. The van der Waals surface area contributed by atoms with Crippen molar-refractivity contribution in [2.75, 3.05) is 6.61 Å². The molecule has 3 unspecified atom stereocenters. The van der Waals surface area contributed by atoms with Gasteiger partial charge in [-0.25, -0.2) is 0 Å². The minimum atomic E-state index is -0.543. The summed E-state index contributed by atoms with van der Waals surface area (Å²) in [5, 5.41) is 9.54. The molecule has 3 heteroatoms. The van der Waals surface area contributed by atoms with Gasteiger partial charge < -0.3 is 14.6 Å². The fourth-order valence-corrected chi connectivity index (χ4v) is 1.53. The van der Waals surface area contributed by atoms with Gasteiger partial charge in [0.15, 0.2) is 6.29 Å². The van der Waals surface area contributed by atoms with Crippen molar-refractivity contribution in [3.05, 3.63) is 11.6 Å². The summed E-state index contributed by atoms with van der Waals surface area (Å²) >= 11 is 0. The van der Waals surface area contributed by atoms with Crippen molar-refractivity contribution in [3.63, 3.8) is 0 Å². The molecule has 2 rings (SSSR count). The molecule has 0 aromatic carbocycles. The van der Waals surface area contributed by atoms with Crippen molar-refractivity contribution in [2.45, 2.75) is 31.8 Å². The first-order valence-electron chi connectivity index (χ1n) is 3.97. The van der Waals surface area contributed by atoms with E-state index in [0.717, 1.165) is 12.0 Å². The zero-order chi connectivity index (χ0) is 7.84. The summed E-state index contributed by atoms with van der Waals surface area (Å²) in [6.07, 6.45) is 1.98. The van der Waals surface area contributed by atoms with Gasteiger partial charge in [-0.05, 0) is 12.0 Å². The van der Waals surface area contributed by atoms with Crippen molar-refractivity contribution >= 4 is 0 Å². The Hall–Kier alpha value is -0.380. The van der Waals surface area contributed by atoms with E-state index in [4.69, 9.17) is 9.47 Å². The summed E-state index contributed by atoms with van der Waals surface area (Å²) in [4.78, 5) is 0. The molecule has 62 valence electrons. The Morgan fingerprint density at radius 1 is 1.73 bits per heavy atom. The van der Waals surface area contributed by atoms with Gasteiger partial charge in [0, 0.05) is 0 Å². The molecule has 0 aliphatic carbocycles. The van der Waals surface area contributed by atoms with E-state index in [2.05, 4.69) is 0 Å². The highest BCUT2D eigenvalue weighted by Gasteiger charge is 2.36. The Bertz CT molecular complexity index is 188. The maximum atomic E-state index is 9.54. The Labute approximate surface area is 65.6 Å². The van der Waals surface area contributed by atoms with E-state index in [1.54, 1.807) is 0 Å². The van der Waals surface area contributed by atoms with Gasteiger partial charge in [0.25, 0.3) is 0 Å². The highest BCUT2D eigenvalue weighted by Crippen LogP contribution is 2.27. The van der Waals surface area contributed by atoms with Crippen LogP contribution < -0.4 is 0 Å². The van der Waals surface area contributed by atoms with E-state index in [9.17, 15) is 5.11 Å². The molecule has 2 heterocycles. The lowest BCUT2D eigenvalue weighted by atomic mass is 10.0. The lowest BCUT2D eigenvalue weighted by Crippen LogP contribution is -2.32. The summed E-state index contributed by atoms with van der Waals surface area (Å²) < 4.78 is 10.5. The maximum Gasteiger partial charge on any atom is 0.188 e. The molecule has 2 aliphatic heterocycles. The Morgan fingerprint density at radius 3 is 3.27 bits per heavy atom. The number of ether oxygens (including phenoxy) is 2. The van der Waals surface area contributed by atoms with Crippen LogP contribution in [0.4, 0.5) is 0 Å². The van der Waals surface area contributed by atoms with Gasteiger partial charge in [0.2, 0.25) is 0 Å². The van der Waals surface area contributed by atoms with Crippen LogP contribution in [0, 0.1) is 0 Å². The standard InChI is InChI=1S/C8H12O3/c1-2-5-3-6-4-10-8(11-6)7(5)9/h3,6-9H,2,4H2,1H3. The molecule has 1 saturated heterocycles. The minimum absolute atomic E-state index is 0.0818. The van der Waals surface area contributed by atoms with Gasteiger partial charge in [-0.3, -0.25) is 0 Å². The van der Waals surface area contributed by atoms with Gasteiger partial charge >= 0.3 is 0 Å². The van der Waals surface area contributed by atoms with E-state index in [0.29, 0.717) is 6.61 Å². The molecule has 11 heavy (non-hydrogen) atoms. The molecule has 0 radical (unpaired) electrons. The van der Waals surface area contributed by atoms with E-state index in [-0.39, 0.29) is 6.10 Å². The first kappa shape index (κ1) is 7.28. The van der Waals surface area contributed by atoms with Crippen LogP contribution in [0.15, 0.2) is 11.6 Å². The van der Waals surface area contributed by atoms with E-state index < -0.39 is 12.4 Å². The zero-order valence-electron chi connectivity index (χ0n) is 6.49. The molecule has 0 aromatic heterocycles. The average Bonchev–Trinajstić information content (AvgIpc) is 2.42. The van der Waals surface area contributed by atoms with Gasteiger partial charge in [0.05, 0.1) is 6.61 Å². The molecule has 2 aliphatic rings. The Kier molecular flexibility index (Phi) is 1.71. The van der Waals surface area contributed by atoms with Crippen LogP contribution in [0.25, 0.3) is 0 Å². The monoisotopic (exact) mass is 156 g/mol. The Balaban J connectivity index is 2.21. The number of fused-ring (bicyclic) bond motifs is 2. The minimum Gasteiger partial charge on any atom is -0.383 e. The van der Waals surface area contributed by atoms with Crippen molar-refractivity contribution in [3.8, 4) is 0 Å². The van der Waals surface area contributed by atoms with Crippen LogP contribution >= 0.6 is 0 Å². The second-order valence-electron chi connectivity index (χ2n) is 2.92. The highest BCUT2D eigenvalue weighted by atomic mass is 16.7. The van der Waals surface area contributed by atoms with Crippen LogP contribution in [0.5, 0.6) is 0 Å².